The smallest absolute Gasteiger partial charge is 0.168 e. The molecule has 3 rings (SSSR count). The molecule has 1 saturated carbocycles. The van der Waals surface area contributed by atoms with Gasteiger partial charge in [0.25, 0.3) is 0 Å². The number of imidazole rings is 1. The summed E-state index contributed by atoms with van der Waals surface area (Å²) in [5, 5.41) is 0. The maximum atomic E-state index is 12.7. The first-order chi connectivity index (χ1) is 9.18. The predicted octanol–water partition coefficient (Wildman–Crippen LogP) is 3.64. The summed E-state index contributed by atoms with van der Waals surface area (Å²) in [7, 11) is 2.00. The Morgan fingerprint density at radius 1 is 1.26 bits per heavy atom. The largest absolute Gasteiger partial charge is 0.331 e. The molecule has 3 heteroatoms. The number of hydrogen-bond acceptors (Lipinski definition) is 2. The van der Waals surface area contributed by atoms with E-state index in [-0.39, 0.29) is 5.92 Å². The van der Waals surface area contributed by atoms with Crippen LogP contribution in [0.4, 0.5) is 0 Å². The highest BCUT2D eigenvalue weighted by Gasteiger charge is 2.24. The first-order valence-electron chi connectivity index (χ1n) is 7.14. The molecule has 1 aromatic heterocycles. The molecule has 2 aromatic rings. The molecule has 0 N–H and O–H groups in total. The first-order valence-corrected chi connectivity index (χ1v) is 7.14. The van der Waals surface area contributed by atoms with Gasteiger partial charge in [-0.3, -0.25) is 4.79 Å². The Hall–Kier alpha value is -1.64. The van der Waals surface area contributed by atoms with Crippen LogP contribution in [0.3, 0.4) is 0 Å². The number of carbonyl (C=O) groups is 1. The minimum absolute atomic E-state index is 0.210. The van der Waals surface area contributed by atoms with E-state index in [1.807, 2.05) is 36.7 Å². The highest BCUT2D eigenvalue weighted by molar-refractivity contribution is 6.07. The first kappa shape index (κ1) is 12.4. The van der Waals surface area contributed by atoms with Crippen LogP contribution in [-0.4, -0.2) is 15.3 Å². The third-order valence-corrected chi connectivity index (χ3v) is 4.38. The lowest BCUT2D eigenvalue weighted by Gasteiger charge is -2.20. The standard InChI is InChI=1S/C16H20N2O/c1-11-17-15-13(9-6-10-14(15)18(11)2)16(19)12-7-4-3-5-8-12/h6,9-10,12H,3-5,7-8H2,1-2H3. The van der Waals surface area contributed by atoms with Crippen molar-refractivity contribution >= 4 is 16.8 Å². The van der Waals surface area contributed by atoms with Crippen molar-refractivity contribution < 1.29 is 4.79 Å². The summed E-state index contributed by atoms with van der Waals surface area (Å²) < 4.78 is 2.05. The average Bonchev–Trinajstić information content (AvgIpc) is 2.75. The van der Waals surface area contributed by atoms with Gasteiger partial charge in [-0.25, -0.2) is 4.98 Å². The van der Waals surface area contributed by atoms with E-state index < -0.39 is 0 Å². The van der Waals surface area contributed by atoms with Crippen molar-refractivity contribution in [1.82, 2.24) is 9.55 Å². The van der Waals surface area contributed by atoms with Crippen LogP contribution in [0.5, 0.6) is 0 Å². The van der Waals surface area contributed by atoms with E-state index in [4.69, 9.17) is 0 Å². The van der Waals surface area contributed by atoms with Crippen LogP contribution < -0.4 is 0 Å². The highest BCUT2D eigenvalue weighted by Crippen LogP contribution is 2.29. The summed E-state index contributed by atoms with van der Waals surface area (Å²) in [5.41, 5.74) is 2.74. The second kappa shape index (κ2) is 4.80. The molecule has 0 bridgehead atoms. The van der Waals surface area contributed by atoms with Gasteiger partial charge in [-0.05, 0) is 31.9 Å². The number of benzene rings is 1. The molecular weight excluding hydrogens is 236 g/mol. The molecule has 3 nitrogen and oxygen atoms in total. The van der Waals surface area contributed by atoms with Crippen molar-refractivity contribution in [1.29, 1.82) is 0 Å². The Balaban J connectivity index is 2.04. The normalized spacial score (nSPS) is 16.9. The van der Waals surface area contributed by atoms with Gasteiger partial charge in [-0.1, -0.05) is 25.3 Å². The van der Waals surface area contributed by atoms with E-state index in [1.54, 1.807) is 0 Å². The SMILES string of the molecule is Cc1nc2c(C(=O)C3CCCCC3)cccc2n1C. The summed E-state index contributed by atoms with van der Waals surface area (Å²) in [4.78, 5) is 17.3. The monoisotopic (exact) mass is 256 g/mol. The Morgan fingerprint density at radius 2 is 2.00 bits per heavy atom. The molecule has 1 aliphatic carbocycles. The Kier molecular flexibility index (Phi) is 3.13. The van der Waals surface area contributed by atoms with Gasteiger partial charge in [-0.15, -0.1) is 0 Å². The van der Waals surface area contributed by atoms with Crippen LogP contribution in [0.15, 0.2) is 18.2 Å². The Labute approximate surface area is 113 Å². The summed E-state index contributed by atoms with van der Waals surface area (Å²) in [6, 6.07) is 5.94. The molecular formula is C16H20N2O. The number of ketones is 1. The molecule has 1 aliphatic rings. The van der Waals surface area contributed by atoms with Crippen molar-refractivity contribution in [2.45, 2.75) is 39.0 Å². The predicted molar refractivity (Wildman–Crippen MR) is 76.4 cm³/mol. The number of aryl methyl sites for hydroxylation is 2. The van der Waals surface area contributed by atoms with E-state index >= 15 is 0 Å². The maximum Gasteiger partial charge on any atom is 0.168 e. The van der Waals surface area contributed by atoms with Crippen LogP contribution in [0.1, 0.15) is 48.3 Å². The van der Waals surface area contributed by atoms with E-state index in [1.165, 1.54) is 19.3 Å². The molecule has 0 saturated heterocycles. The van der Waals surface area contributed by atoms with Gasteiger partial charge in [-0.2, -0.15) is 0 Å². The second-order valence-corrected chi connectivity index (χ2v) is 5.59. The lowest BCUT2D eigenvalue weighted by molar-refractivity contribution is 0.0891. The molecule has 0 spiro atoms. The molecule has 0 atom stereocenters. The van der Waals surface area contributed by atoms with Gasteiger partial charge in [0.15, 0.2) is 5.78 Å². The highest BCUT2D eigenvalue weighted by atomic mass is 16.1. The van der Waals surface area contributed by atoms with Crippen molar-refractivity contribution in [2.24, 2.45) is 13.0 Å². The van der Waals surface area contributed by atoms with Crippen molar-refractivity contribution in [2.75, 3.05) is 0 Å². The molecule has 0 aliphatic heterocycles. The summed E-state index contributed by atoms with van der Waals surface area (Å²) in [6.07, 6.45) is 5.74. The fourth-order valence-corrected chi connectivity index (χ4v) is 3.11. The summed E-state index contributed by atoms with van der Waals surface area (Å²) in [5.74, 6) is 1.46. The zero-order valence-electron chi connectivity index (χ0n) is 11.6. The lowest BCUT2D eigenvalue weighted by atomic mass is 9.83. The number of aromatic nitrogens is 2. The number of rotatable bonds is 2. The quantitative estimate of drug-likeness (QED) is 0.769. The van der Waals surface area contributed by atoms with Gasteiger partial charge in [0.05, 0.1) is 11.0 Å². The van der Waals surface area contributed by atoms with Crippen LogP contribution >= 0.6 is 0 Å². The maximum absolute atomic E-state index is 12.7. The van der Waals surface area contributed by atoms with E-state index in [0.29, 0.717) is 5.78 Å². The minimum atomic E-state index is 0.210. The molecule has 0 amide bonds. The number of nitrogens with zero attached hydrogens (tertiary/aromatic N) is 2. The fraction of sp³-hybridized carbons (Fsp3) is 0.500. The zero-order valence-corrected chi connectivity index (χ0v) is 11.6. The number of carbonyl (C=O) groups excluding carboxylic acids is 1. The van der Waals surface area contributed by atoms with Gasteiger partial charge in [0.2, 0.25) is 0 Å². The topological polar surface area (TPSA) is 34.9 Å². The van der Waals surface area contributed by atoms with Crippen molar-refractivity contribution in [3.8, 4) is 0 Å². The Bertz CT molecular complexity index is 621. The molecule has 0 unspecified atom stereocenters. The van der Waals surface area contributed by atoms with Gasteiger partial charge < -0.3 is 4.57 Å². The number of fused-ring (bicyclic) bond motifs is 1. The van der Waals surface area contributed by atoms with Gasteiger partial charge >= 0.3 is 0 Å². The van der Waals surface area contributed by atoms with Gasteiger partial charge in [0.1, 0.15) is 5.82 Å². The van der Waals surface area contributed by atoms with Crippen LogP contribution in [-0.2, 0) is 7.05 Å². The van der Waals surface area contributed by atoms with Crippen molar-refractivity contribution in [3.05, 3.63) is 29.6 Å². The molecule has 1 fully saturated rings. The fourth-order valence-electron chi connectivity index (χ4n) is 3.11. The number of para-hydroxylation sites is 1. The number of hydrogen-bond donors (Lipinski definition) is 0. The van der Waals surface area contributed by atoms with E-state index in [0.717, 1.165) is 35.3 Å². The van der Waals surface area contributed by atoms with Crippen LogP contribution in [0, 0.1) is 12.8 Å². The Morgan fingerprint density at radius 3 is 2.74 bits per heavy atom. The third-order valence-electron chi connectivity index (χ3n) is 4.38. The van der Waals surface area contributed by atoms with E-state index in [2.05, 4.69) is 4.98 Å². The van der Waals surface area contributed by atoms with Gasteiger partial charge in [0, 0.05) is 18.5 Å². The van der Waals surface area contributed by atoms with Crippen molar-refractivity contribution in [3.63, 3.8) is 0 Å². The summed E-state index contributed by atoms with van der Waals surface area (Å²) >= 11 is 0. The molecule has 1 aromatic carbocycles. The van der Waals surface area contributed by atoms with Crippen LogP contribution in [0.2, 0.25) is 0 Å². The minimum Gasteiger partial charge on any atom is -0.331 e. The third kappa shape index (κ3) is 2.07. The molecule has 1 heterocycles. The second-order valence-electron chi connectivity index (χ2n) is 5.59. The summed E-state index contributed by atoms with van der Waals surface area (Å²) in [6.45, 7) is 1.98. The molecule has 100 valence electrons. The average molecular weight is 256 g/mol. The lowest BCUT2D eigenvalue weighted by Crippen LogP contribution is -2.18. The number of Topliss-reactive ketones (excluding diaryl/α,β-unsaturated/α-hetero) is 1. The zero-order chi connectivity index (χ0) is 13.4. The molecule has 19 heavy (non-hydrogen) atoms. The molecule has 0 radical (unpaired) electrons. The van der Waals surface area contributed by atoms with Crippen LogP contribution in [0.25, 0.3) is 11.0 Å². The van der Waals surface area contributed by atoms with E-state index in [9.17, 15) is 4.79 Å².